The second-order valence-corrected chi connectivity index (χ2v) is 5.86. The number of ether oxygens (including phenoxy) is 2. The average Bonchev–Trinajstić information content (AvgIpc) is 2.45. The van der Waals surface area contributed by atoms with E-state index in [9.17, 15) is 4.79 Å². The summed E-state index contributed by atoms with van der Waals surface area (Å²) >= 11 is 0. The Labute approximate surface area is 134 Å². The molecule has 1 N–H and O–H groups in total. The molecule has 0 aliphatic rings. The van der Waals surface area contributed by atoms with E-state index in [0.29, 0.717) is 6.61 Å². The highest BCUT2D eigenvalue weighted by Gasteiger charge is 2.33. The third-order valence-corrected chi connectivity index (χ3v) is 3.87. The maximum Gasteiger partial charge on any atom is 0.256 e. The minimum Gasteiger partial charge on any atom is -0.496 e. The van der Waals surface area contributed by atoms with Gasteiger partial charge in [0.1, 0.15) is 11.4 Å². The van der Waals surface area contributed by atoms with Gasteiger partial charge in [-0.25, -0.2) is 0 Å². The van der Waals surface area contributed by atoms with Gasteiger partial charge in [0.25, 0.3) is 5.91 Å². The molecule has 22 heavy (non-hydrogen) atoms. The van der Waals surface area contributed by atoms with Gasteiger partial charge in [0.05, 0.1) is 7.11 Å². The highest BCUT2D eigenvalue weighted by molar-refractivity contribution is 5.97. The molecule has 0 heterocycles. The first kappa shape index (κ1) is 18.5. The maximum atomic E-state index is 12.6. The van der Waals surface area contributed by atoms with Crippen LogP contribution in [0.2, 0.25) is 0 Å². The van der Waals surface area contributed by atoms with Crippen molar-refractivity contribution in [3.63, 3.8) is 0 Å². The molecule has 0 spiro atoms. The quantitative estimate of drug-likeness (QED) is 0.781. The SMILES string of the molecule is CCCCC(C)(OCC)C(=O)Nc1cc(C)c(OC)c(C)c1. The van der Waals surface area contributed by atoms with E-state index in [1.165, 1.54) is 0 Å². The Morgan fingerprint density at radius 2 is 1.82 bits per heavy atom. The molecule has 1 atom stereocenters. The van der Waals surface area contributed by atoms with Gasteiger partial charge < -0.3 is 14.8 Å². The molecule has 4 heteroatoms. The number of hydrogen-bond donors (Lipinski definition) is 1. The number of rotatable bonds is 8. The maximum absolute atomic E-state index is 12.6. The van der Waals surface area contributed by atoms with Crippen molar-refractivity contribution in [2.24, 2.45) is 0 Å². The van der Waals surface area contributed by atoms with Gasteiger partial charge in [-0.3, -0.25) is 4.79 Å². The molecule has 1 aromatic carbocycles. The van der Waals surface area contributed by atoms with Gasteiger partial charge >= 0.3 is 0 Å². The molecule has 0 bridgehead atoms. The summed E-state index contributed by atoms with van der Waals surface area (Å²) in [5.74, 6) is 0.767. The molecule has 4 nitrogen and oxygen atoms in total. The van der Waals surface area contributed by atoms with E-state index in [-0.39, 0.29) is 5.91 Å². The number of carbonyl (C=O) groups excluding carboxylic acids is 1. The summed E-state index contributed by atoms with van der Waals surface area (Å²) in [4.78, 5) is 12.6. The minimum atomic E-state index is -0.785. The topological polar surface area (TPSA) is 47.6 Å². The summed E-state index contributed by atoms with van der Waals surface area (Å²) in [7, 11) is 1.66. The summed E-state index contributed by atoms with van der Waals surface area (Å²) in [5.41, 5.74) is 2.00. The van der Waals surface area contributed by atoms with E-state index in [1.54, 1.807) is 7.11 Å². The number of carbonyl (C=O) groups is 1. The van der Waals surface area contributed by atoms with Gasteiger partial charge in [-0.1, -0.05) is 19.8 Å². The third-order valence-electron chi connectivity index (χ3n) is 3.87. The Balaban J connectivity index is 2.94. The van der Waals surface area contributed by atoms with E-state index in [1.807, 2.05) is 39.8 Å². The van der Waals surface area contributed by atoms with E-state index in [0.717, 1.165) is 41.8 Å². The summed E-state index contributed by atoms with van der Waals surface area (Å²) in [6, 6.07) is 3.85. The van der Waals surface area contributed by atoms with Gasteiger partial charge in [0.15, 0.2) is 0 Å². The normalized spacial score (nSPS) is 13.5. The summed E-state index contributed by atoms with van der Waals surface area (Å²) in [6.07, 6.45) is 2.72. The predicted molar refractivity (Wildman–Crippen MR) is 90.7 cm³/mol. The number of benzene rings is 1. The lowest BCUT2D eigenvalue weighted by Gasteiger charge is -2.28. The second kappa shape index (κ2) is 8.18. The van der Waals surface area contributed by atoms with Crippen molar-refractivity contribution >= 4 is 11.6 Å². The standard InChI is InChI=1S/C18H29NO3/c1-7-9-10-18(5,22-8-2)17(20)19-15-11-13(3)16(21-6)14(4)12-15/h11-12H,7-10H2,1-6H3,(H,19,20). The molecule has 1 aromatic rings. The van der Waals surface area contributed by atoms with Crippen LogP contribution in [0.4, 0.5) is 5.69 Å². The largest absolute Gasteiger partial charge is 0.496 e. The average molecular weight is 307 g/mol. The Kier molecular flexibility index (Phi) is 6.88. The molecule has 0 saturated carbocycles. The lowest BCUT2D eigenvalue weighted by molar-refractivity contribution is -0.139. The van der Waals surface area contributed by atoms with Gasteiger partial charge in [0.2, 0.25) is 0 Å². The lowest BCUT2D eigenvalue weighted by Crippen LogP contribution is -2.42. The minimum absolute atomic E-state index is 0.0910. The Bertz CT molecular complexity index is 490. The van der Waals surface area contributed by atoms with Crippen molar-refractivity contribution < 1.29 is 14.3 Å². The first-order chi connectivity index (χ1) is 10.4. The molecular formula is C18H29NO3. The molecular weight excluding hydrogens is 278 g/mol. The zero-order chi connectivity index (χ0) is 16.8. The fourth-order valence-electron chi connectivity index (χ4n) is 2.69. The molecule has 0 aliphatic heterocycles. The Hall–Kier alpha value is -1.55. The van der Waals surface area contributed by atoms with Crippen LogP contribution >= 0.6 is 0 Å². The van der Waals surface area contributed by atoms with Crippen LogP contribution in [0.25, 0.3) is 0 Å². The van der Waals surface area contributed by atoms with Gasteiger partial charge in [-0.2, -0.15) is 0 Å². The molecule has 0 saturated heterocycles. The highest BCUT2D eigenvalue weighted by atomic mass is 16.5. The van der Waals surface area contributed by atoms with Crippen molar-refractivity contribution in [3.05, 3.63) is 23.3 Å². The number of hydrogen-bond acceptors (Lipinski definition) is 3. The van der Waals surface area contributed by atoms with Crippen LogP contribution < -0.4 is 10.1 Å². The van der Waals surface area contributed by atoms with Crippen LogP contribution in [0, 0.1) is 13.8 Å². The number of nitrogens with one attached hydrogen (secondary N) is 1. The van der Waals surface area contributed by atoms with Crippen molar-refractivity contribution in [1.29, 1.82) is 0 Å². The van der Waals surface area contributed by atoms with Crippen LogP contribution in [0.3, 0.4) is 0 Å². The molecule has 1 amide bonds. The number of unbranched alkanes of at least 4 members (excludes halogenated alkanes) is 1. The third kappa shape index (κ3) is 4.47. The number of anilines is 1. The van der Waals surface area contributed by atoms with Gasteiger partial charge in [0, 0.05) is 12.3 Å². The first-order valence-corrected chi connectivity index (χ1v) is 7.98. The van der Waals surface area contributed by atoms with Crippen LogP contribution in [0.1, 0.15) is 51.2 Å². The fourth-order valence-corrected chi connectivity index (χ4v) is 2.69. The zero-order valence-electron chi connectivity index (χ0n) is 14.7. The highest BCUT2D eigenvalue weighted by Crippen LogP contribution is 2.28. The van der Waals surface area contributed by atoms with Crippen molar-refractivity contribution in [2.75, 3.05) is 19.0 Å². The zero-order valence-corrected chi connectivity index (χ0v) is 14.7. The monoisotopic (exact) mass is 307 g/mol. The Morgan fingerprint density at radius 3 is 2.27 bits per heavy atom. The second-order valence-electron chi connectivity index (χ2n) is 5.86. The lowest BCUT2D eigenvalue weighted by atomic mass is 9.97. The fraction of sp³-hybridized carbons (Fsp3) is 0.611. The van der Waals surface area contributed by atoms with Crippen molar-refractivity contribution in [3.8, 4) is 5.75 Å². The van der Waals surface area contributed by atoms with Crippen molar-refractivity contribution in [2.45, 2.75) is 59.5 Å². The number of methoxy groups -OCH3 is 1. The molecule has 0 fully saturated rings. The smallest absolute Gasteiger partial charge is 0.256 e. The summed E-state index contributed by atoms with van der Waals surface area (Å²) in [5, 5.41) is 2.99. The molecule has 1 unspecified atom stereocenters. The van der Waals surface area contributed by atoms with Gasteiger partial charge in [-0.05, 0) is 57.4 Å². The van der Waals surface area contributed by atoms with E-state index in [2.05, 4.69) is 12.2 Å². The molecule has 124 valence electrons. The van der Waals surface area contributed by atoms with E-state index < -0.39 is 5.60 Å². The predicted octanol–water partition coefficient (Wildman–Crippen LogP) is 4.24. The van der Waals surface area contributed by atoms with Crippen molar-refractivity contribution in [1.82, 2.24) is 0 Å². The van der Waals surface area contributed by atoms with Crippen LogP contribution in [0.5, 0.6) is 5.75 Å². The Morgan fingerprint density at radius 1 is 1.23 bits per heavy atom. The summed E-state index contributed by atoms with van der Waals surface area (Å²) < 4.78 is 11.1. The van der Waals surface area contributed by atoms with Gasteiger partial charge in [-0.15, -0.1) is 0 Å². The summed E-state index contributed by atoms with van der Waals surface area (Å²) in [6.45, 7) is 10.4. The van der Waals surface area contributed by atoms with E-state index in [4.69, 9.17) is 9.47 Å². The van der Waals surface area contributed by atoms with Crippen LogP contribution in [-0.4, -0.2) is 25.2 Å². The molecule has 0 aromatic heterocycles. The van der Waals surface area contributed by atoms with Crippen LogP contribution in [0.15, 0.2) is 12.1 Å². The molecule has 0 aliphatic carbocycles. The number of amides is 1. The first-order valence-electron chi connectivity index (χ1n) is 7.98. The number of aryl methyl sites for hydroxylation is 2. The van der Waals surface area contributed by atoms with E-state index >= 15 is 0 Å². The molecule has 1 rings (SSSR count). The molecule has 0 radical (unpaired) electrons. The van der Waals surface area contributed by atoms with Crippen LogP contribution in [-0.2, 0) is 9.53 Å².